The van der Waals surface area contributed by atoms with Gasteiger partial charge in [0.1, 0.15) is 5.75 Å². The molecule has 94 valence electrons. The number of nitrogens with two attached hydrogens (primary N) is 1. The molecule has 0 unspecified atom stereocenters. The second kappa shape index (κ2) is 5.95. The van der Waals surface area contributed by atoms with E-state index in [1.165, 1.54) is 5.56 Å². The van der Waals surface area contributed by atoms with Crippen LogP contribution in [0.25, 0.3) is 0 Å². The maximum atomic E-state index is 9.19. The molecule has 3 nitrogen and oxygen atoms in total. The molecule has 0 spiro atoms. The minimum atomic E-state index is 0.300. The fourth-order valence-electron chi connectivity index (χ4n) is 1.70. The van der Waals surface area contributed by atoms with Crippen LogP contribution < -0.4 is 11.1 Å². The van der Waals surface area contributed by atoms with Gasteiger partial charge in [-0.15, -0.1) is 0 Å². The zero-order valence-corrected chi connectivity index (χ0v) is 12.0. The molecule has 2 aromatic carbocycles. The van der Waals surface area contributed by atoms with E-state index in [2.05, 4.69) is 27.9 Å². The molecule has 0 aliphatic rings. The SMILES string of the molecule is Nc1cc(I)ccc1NCCc1ccc(O)cc1. The monoisotopic (exact) mass is 354 g/mol. The first-order valence-electron chi connectivity index (χ1n) is 5.72. The van der Waals surface area contributed by atoms with Crippen LogP contribution in [0.1, 0.15) is 5.56 Å². The topological polar surface area (TPSA) is 58.3 Å². The van der Waals surface area contributed by atoms with Crippen LogP contribution in [0.4, 0.5) is 11.4 Å². The Hall–Kier alpha value is -1.43. The van der Waals surface area contributed by atoms with Crippen molar-refractivity contribution < 1.29 is 5.11 Å². The lowest BCUT2D eigenvalue weighted by molar-refractivity contribution is 0.475. The lowest BCUT2D eigenvalue weighted by Crippen LogP contribution is -2.06. The first-order valence-corrected chi connectivity index (χ1v) is 6.80. The van der Waals surface area contributed by atoms with Gasteiger partial charge in [-0.05, 0) is 64.9 Å². The van der Waals surface area contributed by atoms with E-state index in [4.69, 9.17) is 5.73 Å². The summed E-state index contributed by atoms with van der Waals surface area (Å²) in [5.74, 6) is 0.300. The van der Waals surface area contributed by atoms with E-state index in [-0.39, 0.29) is 0 Å². The predicted molar refractivity (Wildman–Crippen MR) is 83.9 cm³/mol. The van der Waals surface area contributed by atoms with Gasteiger partial charge in [-0.2, -0.15) is 0 Å². The van der Waals surface area contributed by atoms with Gasteiger partial charge in [0.2, 0.25) is 0 Å². The normalized spacial score (nSPS) is 10.3. The molecule has 0 fully saturated rings. The number of phenols is 1. The molecule has 2 aromatic rings. The Bertz CT molecular complexity index is 526. The van der Waals surface area contributed by atoms with Crippen molar-refractivity contribution in [3.05, 3.63) is 51.6 Å². The smallest absolute Gasteiger partial charge is 0.115 e. The maximum Gasteiger partial charge on any atom is 0.115 e. The van der Waals surface area contributed by atoms with E-state index in [0.717, 1.165) is 27.9 Å². The number of hydrogen-bond acceptors (Lipinski definition) is 3. The van der Waals surface area contributed by atoms with Crippen molar-refractivity contribution in [2.24, 2.45) is 0 Å². The molecule has 0 atom stereocenters. The quantitative estimate of drug-likeness (QED) is 0.584. The molecule has 0 aliphatic carbocycles. The summed E-state index contributed by atoms with van der Waals surface area (Å²) in [6.45, 7) is 0.815. The molecule has 18 heavy (non-hydrogen) atoms. The molecule has 0 radical (unpaired) electrons. The Morgan fingerprint density at radius 1 is 1.11 bits per heavy atom. The highest BCUT2D eigenvalue weighted by atomic mass is 127. The number of nitrogen functional groups attached to an aromatic ring is 1. The highest BCUT2D eigenvalue weighted by Gasteiger charge is 1.99. The highest BCUT2D eigenvalue weighted by molar-refractivity contribution is 14.1. The lowest BCUT2D eigenvalue weighted by Gasteiger charge is -2.09. The number of phenolic OH excluding ortho intramolecular Hbond substituents is 1. The van der Waals surface area contributed by atoms with Crippen LogP contribution in [-0.4, -0.2) is 11.7 Å². The fourth-order valence-corrected chi connectivity index (χ4v) is 2.21. The van der Waals surface area contributed by atoms with Gasteiger partial charge in [-0.25, -0.2) is 0 Å². The van der Waals surface area contributed by atoms with E-state index >= 15 is 0 Å². The second-order valence-corrected chi connectivity index (χ2v) is 5.32. The number of aromatic hydroxyl groups is 1. The lowest BCUT2D eigenvalue weighted by atomic mass is 10.1. The standard InChI is InChI=1S/C14H15IN2O/c15-11-3-6-14(13(16)9-11)17-8-7-10-1-4-12(18)5-2-10/h1-6,9,17-18H,7-8,16H2. The van der Waals surface area contributed by atoms with E-state index in [1.807, 2.05) is 30.3 Å². The number of halogens is 1. The van der Waals surface area contributed by atoms with E-state index in [0.29, 0.717) is 5.75 Å². The Morgan fingerprint density at radius 3 is 2.50 bits per heavy atom. The van der Waals surface area contributed by atoms with E-state index in [9.17, 15) is 5.11 Å². The summed E-state index contributed by atoms with van der Waals surface area (Å²) >= 11 is 2.24. The molecule has 0 heterocycles. The average molecular weight is 354 g/mol. The Labute approximate surface area is 120 Å². The summed E-state index contributed by atoms with van der Waals surface area (Å²) in [4.78, 5) is 0. The Morgan fingerprint density at radius 2 is 1.83 bits per heavy atom. The van der Waals surface area contributed by atoms with Crippen LogP contribution in [0.5, 0.6) is 5.75 Å². The molecule has 2 rings (SSSR count). The van der Waals surface area contributed by atoms with Gasteiger partial charge < -0.3 is 16.2 Å². The van der Waals surface area contributed by atoms with Gasteiger partial charge in [0.15, 0.2) is 0 Å². The van der Waals surface area contributed by atoms with Crippen LogP contribution in [-0.2, 0) is 6.42 Å². The first-order chi connectivity index (χ1) is 8.65. The predicted octanol–water partition coefficient (Wildman–Crippen LogP) is 3.23. The maximum absolute atomic E-state index is 9.19. The van der Waals surface area contributed by atoms with Crippen molar-refractivity contribution in [3.8, 4) is 5.75 Å². The van der Waals surface area contributed by atoms with Crippen molar-refractivity contribution in [1.29, 1.82) is 0 Å². The first kappa shape index (κ1) is 13.0. The van der Waals surface area contributed by atoms with Gasteiger partial charge >= 0.3 is 0 Å². The van der Waals surface area contributed by atoms with E-state index in [1.54, 1.807) is 12.1 Å². The van der Waals surface area contributed by atoms with Crippen LogP contribution in [0.2, 0.25) is 0 Å². The summed E-state index contributed by atoms with van der Waals surface area (Å²) in [5.41, 5.74) is 8.84. The Balaban J connectivity index is 1.90. The van der Waals surface area contributed by atoms with Crippen molar-refractivity contribution >= 4 is 34.0 Å². The van der Waals surface area contributed by atoms with Gasteiger partial charge in [0.25, 0.3) is 0 Å². The zero-order chi connectivity index (χ0) is 13.0. The largest absolute Gasteiger partial charge is 0.508 e. The molecule has 0 amide bonds. The summed E-state index contributed by atoms with van der Waals surface area (Å²) in [7, 11) is 0. The van der Waals surface area contributed by atoms with Crippen molar-refractivity contribution in [2.45, 2.75) is 6.42 Å². The molecule has 0 saturated carbocycles. The summed E-state index contributed by atoms with van der Waals surface area (Å²) in [6, 6.07) is 13.2. The van der Waals surface area contributed by atoms with Gasteiger partial charge in [0, 0.05) is 10.1 Å². The fraction of sp³-hybridized carbons (Fsp3) is 0.143. The number of anilines is 2. The third-order valence-corrected chi connectivity index (χ3v) is 3.35. The molecule has 0 aliphatic heterocycles. The molecule has 4 N–H and O–H groups in total. The molecule has 0 saturated heterocycles. The Kier molecular flexibility index (Phi) is 4.30. The number of rotatable bonds is 4. The van der Waals surface area contributed by atoms with Crippen molar-refractivity contribution in [2.75, 3.05) is 17.6 Å². The molecular formula is C14H15IN2O. The minimum absolute atomic E-state index is 0.300. The van der Waals surface area contributed by atoms with E-state index < -0.39 is 0 Å². The minimum Gasteiger partial charge on any atom is -0.508 e. The zero-order valence-electron chi connectivity index (χ0n) is 9.86. The highest BCUT2D eigenvalue weighted by Crippen LogP contribution is 2.20. The van der Waals surface area contributed by atoms with Crippen LogP contribution in [0.15, 0.2) is 42.5 Å². The molecule has 0 bridgehead atoms. The summed E-state index contributed by atoms with van der Waals surface area (Å²) < 4.78 is 1.13. The molecule has 0 aromatic heterocycles. The third-order valence-electron chi connectivity index (χ3n) is 2.68. The van der Waals surface area contributed by atoms with Crippen LogP contribution in [0, 0.1) is 3.57 Å². The molecular weight excluding hydrogens is 339 g/mol. The molecule has 4 heteroatoms. The number of benzene rings is 2. The van der Waals surface area contributed by atoms with Gasteiger partial charge in [0.05, 0.1) is 11.4 Å². The van der Waals surface area contributed by atoms with Crippen LogP contribution in [0.3, 0.4) is 0 Å². The summed E-state index contributed by atoms with van der Waals surface area (Å²) in [6.07, 6.45) is 0.895. The van der Waals surface area contributed by atoms with Crippen molar-refractivity contribution in [1.82, 2.24) is 0 Å². The number of nitrogens with one attached hydrogen (secondary N) is 1. The average Bonchev–Trinajstić information content (AvgIpc) is 2.34. The van der Waals surface area contributed by atoms with Crippen LogP contribution >= 0.6 is 22.6 Å². The van der Waals surface area contributed by atoms with Gasteiger partial charge in [-0.3, -0.25) is 0 Å². The van der Waals surface area contributed by atoms with Crippen molar-refractivity contribution in [3.63, 3.8) is 0 Å². The second-order valence-electron chi connectivity index (χ2n) is 4.07. The summed E-state index contributed by atoms with van der Waals surface area (Å²) in [5, 5.41) is 12.5. The number of hydrogen-bond donors (Lipinski definition) is 3. The van der Waals surface area contributed by atoms with Gasteiger partial charge in [-0.1, -0.05) is 12.1 Å². The third kappa shape index (κ3) is 3.53.